The van der Waals surface area contributed by atoms with Crippen LogP contribution in [0.5, 0.6) is 11.5 Å². The largest absolute Gasteiger partial charge is 0.454 e. The van der Waals surface area contributed by atoms with Crippen LogP contribution in [0.4, 0.5) is 16.2 Å². The van der Waals surface area contributed by atoms with Crippen molar-refractivity contribution < 1.29 is 19.1 Å². The number of ether oxygens (including phenoxy) is 2. The van der Waals surface area contributed by atoms with Gasteiger partial charge in [-0.15, -0.1) is 0 Å². The molecule has 0 bridgehead atoms. The number of rotatable bonds is 3. The monoisotopic (exact) mass is 449 g/mol. The fourth-order valence-corrected chi connectivity index (χ4v) is 4.05. The number of carbonyl (C=O) groups excluding carboxylic acids is 2. The normalized spacial score (nSPS) is 14.0. The summed E-state index contributed by atoms with van der Waals surface area (Å²) in [7, 11) is 0. The van der Waals surface area contributed by atoms with Gasteiger partial charge in [0, 0.05) is 30.5 Å². The standard InChI is InChI=1S/C24H20ClN3O4/c25-20-4-2-1-3-19(20)23(29)26-17-6-5-15-9-10-28(13-16(15)11-17)24(30)27-18-7-8-21-22(12-18)32-14-31-21/h1-8,11-12H,9-10,13-14H2,(H,26,29)(H,27,30). The zero-order chi connectivity index (χ0) is 22.1. The van der Waals surface area contributed by atoms with E-state index in [0.29, 0.717) is 46.5 Å². The van der Waals surface area contributed by atoms with Gasteiger partial charge in [0.25, 0.3) is 5.91 Å². The third-order valence-corrected chi connectivity index (χ3v) is 5.84. The van der Waals surface area contributed by atoms with Crippen LogP contribution in [-0.2, 0) is 13.0 Å². The van der Waals surface area contributed by atoms with Gasteiger partial charge in [-0.2, -0.15) is 0 Å². The first-order valence-corrected chi connectivity index (χ1v) is 10.6. The van der Waals surface area contributed by atoms with E-state index in [1.807, 2.05) is 18.2 Å². The summed E-state index contributed by atoms with van der Waals surface area (Å²) in [6, 6.07) is 17.8. The van der Waals surface area contributed by atoms with Crippen LogP contribution in [0.3, 0.4) is 0 Å². The van der Waals surface area contributed by atoms with Gasteiger partial charge in [0.2, 0.25) is 6.79 Å². The van der Waals surface area contributed by atoms with E-state index < -0.39 is 0 Å². The van der Waals surface area contributed by atoms with Gasteiger partial charge >= 0.3 is 6.03 Å². The van der Waals surface area contributed by atoms with Gasteiger partial charge in [0.05, 0.1) is 10.6 Å². The molecule has 0 saturated heterocycles. The molecule has 7 nitrogen and oxygen atoms in total. The van der Waals surface area contributed by atoms with Crippen molar-refractivity contribution in [3.05, 3.63) is 82.4 Å². The van der Waals surface area contributed by atoms with Crippen LogP contribution in [0.1, 0.15) is 21.5 Å². The first kappa shape index (κ1) is 20.2. The SMILES string of the molecule is O=C(Nc1ccc2c(c1)CN(C(=O)Nc1ccc3c(c1)OCO3)CC2)c1ccccc1Cl. The number of anilines is 2. The third-order valence-electron chi connectivity index (χ3n) is 5.51. The first-order valence-electron chi connectivity index (χ1n) is 10.2. The Balaban J connectivity index is 1.27. The minimum atomic E-state index is -0.274. The molecular weight excluding hydrogens is 430 g/mol. The molecule has 0 fully saturated rings. The third kappa shape index (κ3) is 4.07. The molecule has 2 aliphatic rings. The smallest absolute Gasteiger partial charge is 0.322 e. The lowest BCUT2D eigenvalue weighted by atomic mass is 9.99. The Morgan fingerprint density at radius 2 is 1.66 bits per heavy atom. The number of amides is 3. The molecule has 5 rings (SSSR count). The molecule has 32 heavy (non-hydrogen) atoms. The van der Waals surface area contributed by atoms with E-state index in [9.17, 15) is 9.59 Å². The average Bonchev–Trinajstić information content (AvgIpc) is 3.26. The summed E-state index contributed by atoms with van der Waals surface area (Å²) < 4.78 is 10.7. The topological polar surface area (TPSA) is 79.9 Å². The van der Waals surface area contributed by atoms with Crippen LogP contribution in [-0.4, -0.2) is 30.2 Å². The van der Waals surface area contributed by atoms with Crippen molar-refractivity contribution in [3.63, 3.8) is 0 Å². The molecule has 0 spiro atoms. The second-order valence-corrected chi connectivity index (χ2v) is 7.99. The molecule has 3 aromatic rings. The fraction of sp³-hybridized carbons (Fsp3) is 0.167. The molecular formula is C24H20ClN3O4. The average molecular weight is 450 g/mol. The second kappa shape index (κ2) is 8.43. The minimum Gasteiger partial charge on any atom is -0.454 e. The maximum atomic E-state index is 12.8. The van der Waals surface area contributed by atoms with Crippen LogP contribution in [0.25, 0.3) is 0 Å². The number of hydrogen-bond donors (Lipinski definition) is 2. The van der Waals surface area contributed by atoms with E-state index in [1.165, 1.54) is 0 Å². The van der Waals surface area contributed by atoms with Crippen LogP contribution in [0, 0.1) is 0 Å². The van der Waals surface area contributed by atoms with Gasteiger partial charge in [-0.05, 0) is 53.9 Å². The summed E-state index contributed by atoms with van der Waals surface area (Å²) in [5.74, 6) is 1.01. The van der Waals surface area contributed by atoms with E-state index >= 15 is 0 Å². The Bertz CT molecular complexity index is 1210. The van der Waals surface area contributed by atoms with Crippen molar-refractivity contribution in [2.75, 3.05) is 24.0 Å². The Hall–Kier alpha value is -3.71. The van der Waals surface area contributed by atoms with Crippen molar-refractivity contribution >= 4 is 34.9 Å². The molecule has 0 aliphatic carbocycles. The molecule has 162 valence electrons. The van der Waals surface area contributed by atoms with Gasteiger partial charge in [0.15, 0.2) is 11.5 Å². The number of halogens is 1. The number of benzene rings is 3. The number of carbonyl (C=O) groups is 2. The molecule has 0 unspecified atom stereocenters. The lowest BCUT2D eigenvalue weighted by molar-refractivity contribution is 0.102. The second-order valence-electron chi connectivity index (χ2n) is 7.59. The molecule has 2 heterocycles. The summed E-state index contributed by atoms with van der Waals surface area (Å²) in [6.45, 7) is 1.24. The highest BCUT2D eigenvalue weighted by Crippen LogP contribution is 2.34. The number of urea groups is 1. The summed E-state index contributed by atoms with van der Waals surface area (Å²) in [4.78, 5) is 27.1. The molecule has 3 amide bonds. The highest BCUT2D eigenvalue weighted by molar-refractivity contribution is 6.34. The lowest BCUT2D eigenvalue weighted by Gasteiger charge is -2.29. The number of nitrogens with one attached hydrogen (secondary N) is 2. The molecule has 8 heteroatoms. The van der Waals surface area contributed by atoms with Crippen LogP contribution in [0.2, 0.25) is 5.02 Å². The van der Waals surface area contributed by atoms with Crippen molar-refractivity contribution in [1.82, 2.24) is 4.90 Å². The molecule has 2 aliphatic heterocycles. The fourth-order valence-electron chi connectivity index (χ4n) is 3.83. The van der Waals surface area contributed by atoms with Crippen molar-refractivity contribution in [3.8, 4) is 11.5 Å². The van der Waals surface area contributed by atoms with E-state index in [0.717, 1.165) is 17.5 Å². The van der Waals surface area contributed by atoms with E-state index in [-0.39, 0.29) is 18.7 Å². The molecule has 0 aromatic heterocycles. The van der Waals surface area contributed by atoms with E-state index in [1.54, 1.807) is 47.4 Å². The summed E-state index contributed by atoms with van der Waals surface area (Å²) >= 11 is 6.13. The highest BCUT2D eigenvalue weighted by atomic mass is 35.5. The van der Waals surface area contributed by atoms with E-state index in [4.69, 9.17) is 21.1 Å². The molecule has 3 aromatic carbocycles. The maximum Gasteiger partial charge on any atom is 0.322 e. The highest BCUT2D eigenvalue weighted by Gasteiger charge is 2.22. The number of nitrogens with zero attached hydrogens (tertiary/aromatic N) is 1. The number of hydrogen-bond acceptors (Lipinski definition) is 4. The predicted molar refractivity (Wildman–Crippen MR) is 122 cm³/mol. The van der Waals surface area contributed by atoms with Crippen molar-refractivity contribution in [2.45, 2.75) is 13.0 Å². The van der Waals surface area contributed by atoms with Crippen LogP contribution >= 0.6 is 11.6 Å². The summed E-state index contributed by atoms with van der Waals surface area (Å²) in [6.07, 6.45) is 0.739. The molecule has 0 atom stereocenters. The van der Waals surface area contributed by atoms with Crippen LogP contribution < -0.4 is 20.1 Å². The van der Waals surface area contributed by atoms with Crippen LogP contribution in [0.15, 0.2) is 60.7 Å². The zero-order valence-electron chi connectivity index (χ0n) is 17.1. The zero-order valence-corrected chi connectivity index (χ0v) is 17.8. The first-order chi connectivity index (χ1) is 15.6. The Morgan fingerprint density at radius 1 is 0.875 bits per heavy atom. The van der Waals surface area contributed by atoms with Crippen molar-refractivity contribution in [2.24, 2.45) is 0 Å². The Labute approximate surface area is 189 Å². The van der Waals surface area contributed by atoms with Crippen molar-refractivity contribution in [1.29, 1.82) is 0 Å². The van der Waals surface area contributed by atoms with Gasteiger partial charge in [-0.3, -0.25) is 4.79 Å². The predicted octanol–water partition coefficient (Wildman–Crippen LogP) is 4.91. The minimum absolute atomic E-state index is 0.186. The summed E-state index contributed by atoms with van der Waals surface area (Å²) in [5, 5.41) is 6.20. The lowest BCUT2D eigenvalue weighted by Crippen LogP contribution is -2.38. The number of fused-ring (bicyclic) bond motifs is 2. The Morgan fingerprint density at radius 3 is 2.53 bits per heavy atom. The summed E-state index contributed by atoms with van der Waals surface area (Å²) in [5.41, 5.74) is 3.87. The maximum absolute atomic E-state index is 12.8. The Kier molecular flexibility index (Phi) is 5.33. The molecule has 0 saturated carbocycles. The van der Waals surface area contributed by atoms with Gasteiger partial charge < -0.3 is 25.0 Å². The molecule has 2 N–H and O–H groups in total. The van der Waals surface area contributed by atoms with Gasteiger partial charge in [-0.1, -0.05) is 29.8 Å². The quantitative estimate of drug-likeness (QED) is 0.595. The van der Waals surface area contributed by atoms with Gasteiger partial charge in [0.1, 0.15) is 0 Å². The molecule has 0 radical (unpaired) electrons. The van der Waals surface area contributed by atoms with Gasteiger partial charge in [-0.25, -0.2) is 4.79 Å². The van der Waals surface area contributed by atoms with E-state index in [2.05, 4.69) is 10.6 Å².